The first kappa shape index (κ1) is 23.6. The number of carbonyl (C=O) groups excluding carboxylic acids is 1. The Kier molecular flexibility index (Phi) is 6.48. The third-order valence-electron chi connectivity index (χ3n) is 6.11. The van der Waals surface area contributed by atoms with Gasteiger partial charge in [0, 0.05) is 23.5 Å². The molecule has 0 aromatic heterocycles. The van der Waals surface area contributed by atoms with E-state index in [1.807, 2.05) is 61.5 Å². The van der Waals surface area contributed by atoms with Gasteiger partial charge in [-0.2, -0.15) is 0 Å². The van der Waals surface area contributed by atoms with Crippen LogP contribution in [-0.2, 0) is 16.4 Å². The minimum absolute atomic E-state index is 0.0810. The molecule has 0 saturated heterocycles. The lowest BCUT2D eigenvalue weighted by Gasteiger charge is -2.30. The molecule has 1 aliphatic rings. The molecular weight excluding hydrogens is 472 g/mol. The number of amides is 1. The van der Waals surface area contributed by atoms with Crippen LogP contribution < -0.4 is 14.4 Å². The molecular formula is C29H26N2O4S. The first-order valence-electron chi connectivity index (χ1n) is 11.8. The number of nitrogens with zero attached hydrogens (tertiary/aromatic N) is 1. The van der Waals surface area contributed by atoms with Gasteiger partial charge in [0.15, 0.2) is 0 Å². The Hall–Kier alpha value is -4.10. The molecule has 182 valence electrons. The van der Waals surface area contributed by atoms with Crippen LogP contribution in [-0.4, -0.2) is 20.9 Å². The number of rotatable bonds is 6. The molecule has 1 amide bonds. The Balaban J connectivity index is 1.33. The Morgan fingerprint density at radius 1 is 0.861 bits per heavy atom. The van der Waals surface area contributed by atoms with Crippen molar-refractivity contribution in [2.24, 2.45) is 0 Å². The van der Waals surface area contributed by atoms with E-state index >= 15 is 0 Å². The molecule has 1 heterocycles. The van der Waals surface area contributed by atoms with E-state index in [-0.39, 0.29) is 10.8 Å². The summed E-state index contributed by atoms with van der Waals surface area (Å²) >= 11 is 0. The maximum Gasteiger partial charge on any atom is 0.261 e. The summed E-state index contributed by atoms with van der Waals surface area (Å²) < 4.78 is 34.6. The van der Waals surface area contributed by atoms with Gasteiger partial charge in [0.2, 0.25) is 0 Å². The van der Waals surface area contributed by atoms with Crippen LogP contribution in [0.3, 0.4) is 0 Å². The van der Waals surface area contributed by atoms with Crippen LogP contribution in [0.25, 0.3) is 0 Å². The van der Waals surface area contributed by atoms with Gasteiger partial charge in [-0.25, -0.2) is 8.42 Å². The van der Waals surface area contributed by atoms with E-state index in [2.05, 4.69) is 4.72 Å². The first-order valence-corrected chi connectivity index (χ1v) is 13.2. The molecule has 0 unspecified atom stereocenters. The maximum atomic E-state index is 13.1. The molecule has 0 spiro atoms. The van der Waals surface area contributed by atoms with Crippen LogP contribution in [0.4, 0.5) is 11.4 Å². The lowest BCUT2D eigenvalue weighted by molar-refractivity contribution is 0.0985. The van der Waals surface area contributed by atoms with Gasteiger partial charge in [0.25, 0.3) is 15.9 Å². The number of anilines is 2. The Morgan fingerprint density at radius 3 is 2.28 bits per heavy atom. The molecule has 0 saturated carbocycles. The van der Waals surface area contributed by atoms with E-state index in [1.165, 1.54) is 0 Å². The average Bonchev–Trinajstić information content (AvgIpc) is 2.89. The smallest absolute Gasteiger partial charge is 0.261 e. The summed E-state index contributed by atoms with van der Waals surface area (Å²) in [5.41, 5.74) is 3.74. The first-order chi connectivity index (χ1) is 17.4. The summed E-state index contributed by atoms with van der Waals surface area (Å²) in [7, 11) is -3.81. The highest BCUT2D eigenvalue weighted by molar-refractivity contribution is 7.92. The predicted molar refractivity (Wildman–Crippen MR) is 141 cm³/mol. The average molecular weight is 499 g/mol. The van der Waals surface area contributed by atoms with Crippen LogP contribution in [0.5, 0.6) is 11.5 Å². The summed E-state index contributed by atoms with van der Waals surface area (Å²) in [5, 5.41) is 0. The van der Waals surface area contributed by atoms with Crippen LogP contribution in [0.15, 0.2) is 102 Å². The highest BCUT2D eigenvalue weighted by Gasteiger charge is 2.25. The van der Waals surface area contributed by atoms with Gasteiger partial charge < -0.3 is 9.64 Å². The van der Waals surface area contributed by atoms with Gasteiger partial charge in [0.05, 0.1) is 4.90 Å². The molecule has 4 aromatic rings. The molecule has 5 rings (SSSR count). The van der Waals surface area contributed by atoms with Crippen LogP contribution in [0, 0.1) is 6.92 Å². The van der Waals surface area contributed by atoms with Crippen molar-refractivity contribution < 1.29 is 17.9 Å². The zero-order valence-electron chi connectivity index (χ0n) is 19.8. The fraction of sp³-hybridized carbons (Fsp3) is 0.138. The second kappa shape index (κ2) is 9.87. The second-order valence-electron chi connectivity index (χ2n) is 8.76. The van der Waals surface area contributed by atoms with E-state index in [9.17, 15) is 13.2 Å². The standard InChI is InChI=1S/C29H26N2O4S/c1-21-9-11-22(12-10-21)29(32)31-19-5-6-23-20-27(17-18-28(23)31)36(33,34)30-24-13-15-26(16-14-24)35-25-7-3-2-4-8-25/h2-4,7-18,20,30H,5-6,19H2,1H3. The number of sulfonamides is 1. The van der Waals surface area contributed by atoms with E-state index in [0.29, 0.717) is 35.7 Å². The number of hydrogen-bond acceptors (Lipinski definition) is 4. The number of aryl methyl sites for hydroxylation is 2. The van der Waals surface area contributed by atoms with Crippen LogP contribution in [0.1, 0.15) is 27.9 Å². The lowest BCUT2D eigenvalue weighted by atomic mass is 10.0. The van der Waals surface area contributed by atoms with Crippen molar-refractivity contribution in [1.82, 2.24) is 0 Å². The zero-order valence-corrected chi connectivity index (χ0v) is 20.7. The summed E-state index contributed by atoms with van der Waals surface area (Å²) in [6.07, 6.45) is 1.48. The molecule has 1 aliphatic heterocycles. The third kappa shape index (κ3) is 5.11. The lowest BCUT2D eigenvalue weighted by Crippen LogP contribution is -2.35. The number of fused-ring (bicyclic) bond motifs is 1. The van der Waals surface area contributed by atoms with Crippen molar-refractivity contribution in [3.63, 3.8) is 0 Å². The molecule has 1 N–H and O–H groups in total. The van der Waals surface area contributed by atoms with Gasteiger partial charge in [-0.05, 0) is 92.1 Å². The molecule has 7 heteroatoms. The van der Waals surface area contributed by atoms with Crippen LogP contribution >= 0.6 is 0 Å². The summed E-state index contributed by atoms with van der Waals surface area (Å²) in [6, 6.07) is 28.6. The van der Waals surface area contributed by atoms with Gasteiger partial charge in [-0.15, -0.1) is 0 Å². The topological polar surface area (TPSA) is 75.7 Å². The molecule has 6 nitrogen and oxygen atoms in total. The summed E-state index contributed by atoms with van der Waals surface area (Å²) in [6.45, 7) is 2.58. The zero-order chi connectivity index (χ0) is 25.1. The molecule has 0 aliphatic carbocycles. The predicted octanol–water partition coefficient (Wildman–Crippen LogP) is 6.18. The highest BCUT2D eigenvalue weighted by atomic mass is 32.2. The third-order valence-corrected chi connectivity index (χ3v) is 7.49. The van der Waals surface area contributed by atoms with Crippen molar-refractivity contribution in [1.29, 1.82) is 0 Å². The molecule has 36 heavy (non-hydrogen) atoms. The Bertz CT molecular complexity index is 1480. The van der Waals surface area contributed by atoms with Crippen molar-refractivity contribution in [3.8, 4) is 11.5 Å². The van der Waals surface area contributed by atoms with Crippen molar-refractivity contribution >= 4 is 27.3 Å². The molecule has 0 radical (unpaired) electrons. The van der Waals surface area contributed by atoms with Crippen LogP contribution in [0.2, 0.25) is 0 Å². The highest BCUT2D eigenvalue weighted by Crippen LogP contribution is 2.31. The summed E-state index contributed by atoms with van der Waals surface area (Å²) in [4.78, 5) is 15.0. The fourth-order valence-corrected chi connectivity index (χ4v) is 5.34. The number of nitrogens with one attached hydrogen (secondary N) is 1. The Morgan fingerprint density at radius 2 is 1.56 bits per heavy atom. The largest absolute Gasteiger partial charge is 0.457 e. The van der Waals surface area contributed by atoms with E-state index < -0.39 is 10.0 Å². The molecule has 0 fully saturated rings. The van der Waals surface area contributed by atoms with Gasteiger partial charge in [-0.1, -0.05) is 35.9 Å². The Labute approximate surface area is 211 Å². The number of ether oxygens (including phenoxy) is 1. The van der Waals surface area contributed by atoms with E-state index in [0.717, 1.165) is 23.2 Å². The minimum atomic E-state index is -3.81. The monoisotopic (exact) mass is 498 g/mol. The van der Waals surface area contributed by atoms with Gasteiger partial charge in [0.1, 0.15) is 11.5 Å². The van der Waals surface area contributed by atoms with Crippen molar-refractivity contribution in [2.75, 3.05) is 16.2 Å². The molecule has 0 atom stereocenters. The van der Waals surface area contributed by atoms with Crippen molar-refractivity contribution in [3.05, 3.63) is 114 Å². The van der Waals surface area contributed by atoms with Crippen molar-refractivity contribution in [2.45, 2.75) is 24.7 Å². The van der Waals surface area contributed by atoms with Gasteiger partial charge in [-0.3, -0.25) is 9.52 Å². The fourth-order valence-electron chi connectivity index (χ4n) is 4.23. The number of carbonyl (C=O) groups is 1. The molecule has 0 bridgehead atoms. The minimum Gasteiger partial charge on any atom is -0.457 e. The van der Waals surface area contributed by atoms with E-state index in [4.69, 9.17) is 4.74 Å². The number of para-hydroxylation sites is 1. The molecule has 4 aromatic carbocycles. The maximum absolute atomic E-state index is 13.1. The SMILES string of the molecule is Cc1ccc(C(=O)N2CCCc3cc(S(=O)(=O)Nc4ccc(Oc5ccccc5)cc4)ccc32)cc1. The second-order valence-corrected chi connectivity index (χ2v) is 10.4. The number of benzene rings is 4. The van der Waals surface area contributed by atoms with E-state index in [1.54, 1.807) is 47.4 Å². The summed E-state index contributed by atoms with van der Waals surface area (Å²) in [5.74, 6) is 1.23. The normalized spacial score (nSPS) is 13.1. The quantitative estimate of drug-likeness (QED) is 0.344. The number of hydrogen-bond donors (Lipinski definition) is 1. The van der Waals surface area contributed by atoms with Gasteiger partial charge >= 0.3 is 0 Å².